The number of carbonyl (C=O) groups is 6. The minimum atomic E-state index is -5.21. The Bertz CT molecular complexity index is 1200. The maximum absolute atomic E-state index is 14.0. The highest BCUT2D eigenvalue weighted by atomic mass is 19.4. The summed E-state index contributed by atoms with van der Waals surface area (Å²) in [5.41, 5.74) is -1.49. The molecule has 2 aliphatic heterocycles. The average Bonchev–Trinajstić information content (AvgIpc) is 3.31. The van der Waals surface area contributed by atoms with Crippen LogP contribution in [0.15, 0.2) is 0 Å². The van der Waals surface area contributed by atoms with E-state index in [4.69, 9.17) is 4.74 Å². The Morgan fingerprint density at radius 3 is 2.23 bits per heavy atom. The molecule has 14 heteroatoms. The Labute approximate surface area is 274 Å². The third-order valence-corrected chi connectivity index (χ3v) is 9.90. The van der Waals surface area contributed by atoms with E-state index in [-0.39, 0.29) is 42.5 Å². The zero-order chi connectivity index (χ0) is 35.3. The summed E-state index contributed by atoms with van der Waals surface area (Å²) in [5.74, 6) is -6.25. The monoisotopic (exact) mass is 672 g/mol. The smallest absolute Gasteiger partial charge is 0.458 e. The van der Waals surface area contributed by atoms with Crippen molar-refractivity contribution >= 4 is 35.4 Å². The van der Waals surface area contributed by atoms with Gasteiger partial charge in [-0.3, -0.25) is 28.8 Å². The van der Waals surface area contributed by atoms with E-state index in [9.17, 15) is 41.9 Å². The van der Waals surface area contributed by atoms with Gasteiger partial charge in [0.05, 0.1) is 6.04 Å². The van der Waals surface area contributed by atoms with Crippen molar-refractivity contribution in [1.29, 1.82) is 0 Å². The predicted molar refractivity (Wildman–Crippen MR) is 165 cm³/mol. The Morgan fingerprint density at radius 1 is 1.02 bits per heavy atom. The average molecular weight is 673 g/mol. The topological polar surface area (TPSA) is 151 Å². The van der Waals surface area contributed by atoms with Crippen molar-refractivity contribution in [3.05, 3.63) is 0 Å². The number of alkyl halides is 3. The fraction of sp³-hybridized carbons (Fsp3) is 0.818. The van der Waals surface area contributed by atoms with E-state index in [1.807, 2.05) is 19.2 Å². The molecule has 3 aliphatic rings. The summed E-state index contributed by atoms with van der Waals surface area (Å²) < 4.78 is 44.7. The van der Waals surface area contributed by atoms with Crippen LogP contribution >= 0.6 is 0 Å². The van der Waals surface area contributed by atoms with Gasteiger partial charge in [0.25, 0.3) is 0 Å². The molecule has 2 saturated heterocycles. The number of piperidine rings is 1. The summed E-state index contributed by atoms with van der Waals surface area (Å²) in [6, 6.07) is -3.92. The van der Waals surface area contributed by atoms with Crippen molar-refractivity contribution < 1.29 is 46.7 Å². The first-order chi connectivity index (χ1) is 21.8. The Morgan fingerprint density at radius 2 is 1.66 bits per heavy atom. The van der Waals surface area contributed by atoms with Gasteiger partial charge in [0.15, 0.2) is 12.4 Å². The number of unbranched alkanes of at least 4 members (excludes halogenated alkanes) is 5. The second-order valence-electron chi connectivity index (χ2n) is 14.9. The van der Waals surface area contributed by atoms with Gasteiger partial charge in [-0.25, -0.2) is 0 Å². The van der Waals surface area contributed by atoms with E-state index in [2.05, 4.69) is 17.6 Å². The number of hydrogen-bond acceptors (Lipinski definition) is 7. The highest BCUT2D eigenvalue weighted by Gasteiger charge is 2.70. The quantitative estimate of drug-likeness (QED) is 0.168. The zero-order valence-corrected chi connectivity index (χ0v) is 28.4. The van der Waals surface area contributed by atoms with Crippen molar-refractivity contribution in [3.8, 4) is 0 Å². The van der Waals surface area contributed by atoms with Crippen LogP contribution in [0.1, 0.15) is 99.3 Å². The number of halogens is 3. The Kier molecular flexibility index (Phi) is 12.5. The minimum absolute atomic E-state index is 0.0458. The fourth-order valence-electron chi connectivity index (χ4n) is 6.90. The van der Waals surface area contributed by atoms with Crippen LogP contribution in [0.4, 0.5) is 13.2 Å². The van der Waals surface area contributed by atoms with Gasteiger partial charge in [-0.2, -0.15) is 13.2 Å². The van der Waals surface area contributed by atoms with Crippen LogP contribution < -0.4 is 16.0 Å². The molecule has 3 fully saturated rings. The summed E-state index contributed by atoms with van der Waals surface area (Å²) in [6.45, 7) is 10.4. The zero-order valence-electron chi connectivity index (χ0n) is 28.4. The maximum atomic E-state index is 14.0. The molecule has 0 bridgehead atoms. The molecule has 3 N–H and O–H groups in total. The summed E-state index contributed by atoms with van der Waals surface area (Å²) in [5, 5.41) is 7.22. The summed E-state index contributed by atoms with van der Waals surface area (Å²) in [7, 11) is 0. The van der Waals surface area contributed by atoms with E-state index in [1.165, 1.54) is 25.7 Å². The van der Waals surface area contributed by atoms with Crippen LogP contribution in [-0.2, 0) is 33.5 Å². The molecule has 1 saturated carbocycles. The second-order valence-corrected chi connectivity index (χ2v) is 14.9. The van der Waals surface area contributed by atoms with E-state index in [0.29, 0.717) is 19.4 Å². The first kappa shape index (κ1) is 38.3. The number of fused-ring (bicyclic) bond motifs is 1. The van der Waals surface area contributed by atoms with Crippen molar-refractivity contribution in [2.45, 2.75) is 124 Å². The van der Waals surface area contributed by atoms with Gasteiger partial charge in [-0.1, -0.05) is 73.6 Å². The highest BCUT2D eigenvalue weighted by Crippen LogP contribution is 2.65. The molecular formula is C33H51F3N4O7. The molecule has 0 aromatic rings. The van der Waals surface area contributed by atoms with Gasteiger partial charge >= 0.3 is 18.1 Å². The number of hydrogen-bond donors (Lipinski definition) is 3. The minimum Gasteiger partial charge on any atom is -0.458 e. The molecule has 1 aliphatic carbocycles. The van der Waals surface area contributed by atoms with E-state index >= 15 is 0 Å². The van der Waals surface area contributed by atoms with E-state index in [0.717, 1.165) is 32.1 Å². The molecule has 0 aromatic carbocycles. The summed E-state index contributed by atoms with van der Waals surface area (Å²) >= 11 is 0. The first-order valence-corrected chi connectivity index (χ1v) is 16.7. The Hall–Kier alpha value is -3.19. The van der Waals surface area contributed by atoms with Gasteiger partial charge < -0.3 is 25.6 Å². The number of rotatable bonds is 16. The Balaban J connectivity index is 1.75. The number of esters is 1. The molecule has 0 spiro atoms. The molecule has 47 heavy (non-hydrogen) atoms. The first-order valence-electron chi connectivity index (χ1n) is 16.7. The maximum Gasteiger partial charge on any atom is 0.471 e. The number of carbonyl (C=O) groups excluding carboxylic acids is 6. The SMILES string of the molecule is CCCCCCCCC(=O)OCC(=O)[C@H](C[C@@H]1CCNC1=O)NC(=O)[C@@H]1[C@@H]2[C@H](CN1C(=O)[C@@H](NC(=O)C(F)(F)F)C(C)(C)C)C2(C)C. The van der Waals surface area contributed by atoms with Gasteiger partial charge in [-0.05, 0) is 41.9 Å². The molecule has 4 amide bonds. The lowest BCUT2D eigenvalue weighted by Gasteiger charge is -2.38. The standard InChI is InChI=1S/C33H51F3N4O7/c1-7-8-9-10-11-12-13-23(42)47-18-22(41)21(16-19-14-15-37-27(19)43)38-28(44)25-24-20(32(24,5)6)17-40(25)29(45)26(31(2,3)4)39-30(46)33(34,35)36/h19-21,24-26H,7-18H2,1-6H3,(H,37,43)(H,38,44)(H,39,46)/t19-,20-,21-,24-,25-,26+/m0/s1. The molecule has 0 unspecified atom stereocenters. The number of Topliss-reactive ketones (excluding diaryl/α,β-unsaturated/α-hetero) is 1. The molecule has 11 nitrogen and oxygen atoms in total. The molecule has 2 heterocycles. The van der Waals surface area contributed by atoms with Crippen LogP contribution in [0.5, 0.6) is 0 Å². The van der Waals surface area contributed by atoms with E-state index < -0.39 is 71.7 Å². The summed E-state index contributed by atoms with van der Waals surface area (Å²) in [6.07, 6.45) is 1.14. The predicted octanol–water partition coefficient (Wildman–Crippen LogP) is 3.44. The van der Waals surface area contributed by atoms with Gasteiger partial charge in [0, 0.05) is 25.4 Å². The molecule has 266 valence electrons. The summed E-state index contributed by atoms with van der Waals surface area (Å²) in [4.78, 5) is 78.9. The van der Waals surface area contributed by atoms with Crippen molar-refractivity contribution in [2.75, 3.05) is 19.7 Å². The van der Waals surface area contributed by atoms with E-state index in [1.54, 1.807) is 0 Å². The molecule has 3 rings (SSSR count). The van der Waals surface area contributed by atoms with Crippen LogP contribution in [0, 0.1) is 28.6 Å². The van der Waals surface area contributed by atoms with Crippen LogP contribution in [-0.4, -0.2) is 84.3 Å². The second kappa shape index (κ2) is 15.4. The fourth-order valence-corrected chi connectivity index (χ4v) is 6.90. The lowest BCUT2D eigenvalue weighted by atomic mass is 9.85. The molecular weight excluding hydrogens is 621 g/mol. The number of nitrogens with one attached hydrogen (secondary N) is 3. The third kappa shape index (κ3) is 9.68. The number of likely N-dealkylation sites (tertiary alicyclic amines) is 1. The lowest BCUT2D eigenvalue weighted by Crippen LogP contribution is -2.61. The molecule has 6 atom stereocenters. The number of ether oxygens (including phenoxy) is 1. The van der Waals surface area contributed by atoms with Crippen molar-refractivity contribution in [2.24, 2.45) is 28.6 Å². The lowest BCUT2D eigenvalue weighted by molar-refractivity contribution is -0.176. The van der Waals surface area contributed by atoms with Gasteiger partial charge in [0.2, 0.25) is 17.7 Å². The third-order valence-electron chi connectivity index (χ3n) is 9.90. The van der Waals surface area contributed by atoms with Crippen LogP contribution in [0.2, 0.25) is 0 Å². The largest absolute Gasteiger partial charge is 0.471 e. The van der Waals surface area contributed by atoms with Crippen LogP contribution in [0.25, 0.3) is 0 Å². The molecule has 0 aromatic heterocycles. The molecule has 0 radical (unpaired) electrons. The van der Waals surface area contributed by atoms with Crippen LogP contribution in [0.3, 0.4) is 0 Å². The van der Waals surface area contributed by atoms with Gasteiger partial charge in [0.1, 0.15) is 12.1 Å². The van der Waals surface area contributed by atoms with Gasteiger partial charge in [-0.15, -0.1) is 0 Å². The number of ketones is 1. The normalized spacial score (nSPS) is 24.5. The number of amides is 4. The van der Waals surface area contributed by atoms with Crippen molar-refractivity contribution in [3.63, 3.8) is 0 Å². The number of nitrogens with zero attached hydrogens (tertiary/aromatic N) is 1. The highest BCUT2D eigenvalue weighted by molar-refractivity contribution is 5.97. The van der Waals surface area contributed by atoms with Crippen molar-refractivity contribution in [1.82, 2.24) is 20.9 Å².